The average molecular weight is 427 g/mol. The van der Waals surface area contributed by atoms with E-state index in [0.29, 0.717) is 30.1 Å². The Kier molecular flexibility index (Phi) is 7.36. The normalized spacial score (nSPS) is 15.5. The van der Waals surface area contributed by atoms with Gasteiger partial charge in [-0.25, -0.2) is 9.40 Å². The number of nitrogens with zero attached hydrogens (tertiary/aromatic N) is 3. The van der Waals surface area contributed by atoms with E-state index in [2.05, 4.69) is 5.10 Å². The monoisotopic (exact) mass is 427 g/mol. The van der Waals surface area contributed by atoms with Crippen LogP contribution in [0, 0.1) is 5.82 Å². The zero-order chi connectivity index (χ0) is 22.4. The number of halogens is 1. The number of hydrogen-bond donors (Lipinski definition) is 0. The molecule has 1 heterocycles. The van der Waals surface area contributed by atoms with Crippen LogP contribution in [0.1, 0.15) is 30.5 Å². The lowest BCUT2D eigenvalue weighted by Gasteiger charge is -2.27. The number of ether oxygens (including phenoxy) is 2. The first-order chi connectivity index (χ1) is 15.0. The highest BCUT2D eigenvalue weighted by atomic mass is 19.1. The van der Waals surface area contributed by atoms with Crippen LogP contribution in [0.15, 0.2) is 53.6 Å². The van der Waals surface area contributed by atoms with E-state index >= 15 is 0 Å². The summed E-state index contributed by atoms with van der Waals surface area (Å²) in [6.45, 7) is 1.85. The lowest BCUT2D eigenvalue weighted by molar-refractivity contribution is -0.141. The van der Waals surface area contributed by atoms with Crippen LogP contribution in [-0.4, -0.2) is 61.4 Å². The lowest BCUT2D eigenvalue weighted by atomic mass is 9.97. The van der Waals surface area contributed by atoms with Gasteiger partial charge in [0.2, 0.25) is 5.91 Å². The van der Waals surface area contributed by atoms with Crippen LogP contribution in [0.4, 0.5) is 4.39 Å². The van der Waals surface area contributed by atoms with Gasteiger partial charge in [0.15, 0.2) is 0 Å². The molecule has 0 aliphatic carbocycles. The fourth-order valence-electron chi connectivity index (χ4n) is 3.57. The number of hydrogen-bond acceptors (Lipinski definition) is 5. The fraction of sp³-hybridized carbons (Fsp3) is 0.348. The van der Waals surface area contributed by atoms with Crippen molar-refractivity contribution in [2.75, 3.05) is 33.9 Å². The highest BCUT2D eigenvalue weighted by Crippen LogP contribution is 2.37. The van der Waals surface area contributed by atoms with E-state index in [4.69, 9.17) is 9.47 Å². The number of methoxy groups -OCH3 is 2. The van der Waals surface area contributed by atoms with Crippen molar-refractivity contribution >= 4 is 17.5 Å². The van der Waals surface area contributed by atoms with Gasteiger partial charge in [0.25, 0.3) is 5.91 Å². The lowest BCUT2D eigenvalue weighted by Crippen LogP contribution is -2.41. The van der Waals surface area contributed by atoms with Crippen molar-refractivity contribution in [2.24, 2.45) is 5.10 Å². The number of carbonyl (C=O) groups excluding carboxylic acids is 2. The smallest absolute Gasteiger partial charge is 0.262 e. The summed E-state index contributed by atoms with van der Waals surface area (Å²) < 4.78 is 24.9. The van der Waals surface area contributed by atoms with E-state index in [1.165, 1.54) is 30.0 Å². The predicted octanol–water partition coefficient (Wildman–Crippen LogP) is 3.01. The van der Waals surface area contributed by atoms with Gasteiger partial charge in [0.05, 0.1) is 25.5 Å². The molecule has 7 nitrogen and oxygen atoms in total. The molecule has 2 aromatic carbocycles. The second kappa shape index (κ2) is 10.2. The summed E-state index contributed by atoms with van der Waals surface area (Å²) in [7, 11) is 3.09. The maximum absolute atomic E-state index is 14.4. The molecule has 0 saturated carbocycles. The van der Waals surface area contributed by atoms with Crippen LogP contribution in [0.5, 0.6) is 5.75 Å². The van der Waals surface area contributed by atoms with Gasteiger partial charge in [0, 0.05) is 38.1 Å². The standard InChI is InChI=1S/C23H26FN3O4/c1-16(28)26(12-13-30-2)15-23(29)27-21(18-9-5-7-11-22(18)31-3)14-20(25-27)17-8-4-6-10-19(17)24/h4-11,21H,12-15H2,1-3H3/t21-/m0/s1. The number of para-hydroxylation sites is 1. The quantitative estimate of drug-likeness (QED) is 0.649. The van der Waals surface area contributed by atoms with Gasteiger partial charge >= 0.3 is 0 Å². The highest BCUT2D eigenvalue weighted by Gasteiger charge is 2.36. The van der Waals surface area contributed by atoms with Gasteiger partial charge < -0.3 is 14.4 Å². The molecule has 0 N–H and O–H groups in total. The van der Waals surface area contributed by atoms with E-state index in [-0.39, 0.29) is 24.9 Å². The second-order valence-corrected chi connectivity index (χ2v) is 7.16. The number of benzene rings is 2. The fourth-order valence-corrected chi connectivity index (χ4v) is 3.57. The van der Waals surface area contributed by atoms with Crippen LogP contribution < -0.4 is 4.74 Å². The molecule has 0 aromatic heterocycles. The highest BCUT2D eigenvalue weighted by molar-refractivity contribution is 6.03. The molecule has 2 aromatic rings. The van der Waals surface area contributed by atoms with E-state index < -0.39 is 11.9 Å². The molecule has 1 atom stereocenters. The third kappa shape index (κ3) is 5.08. The van der Waals surface area contributed by atoms with Crippen LogP contribution in [0.3, 0.4) is 0 Å². The Morgan fingerprint density at radius 3 is 2.55 bits per heavy atom. The van der Waals surface area contributed by atoms with Crippen molar-refractivity contribution in [3.8, 4) is 5.75 Å². The minimum absolute atomic E-state index is 0.154. The number of rotatable bonds is 8. The Balaban J connectivity index is 1.95. The third-order valence-electron chi connectivity index (χ3n) is 5.19. The Hall–Kier alpha value is -3.26. The predicted molar refractivity (Wildman–Crippen MR) is 114 cm³/mol. The van der Waals surface area contributed by atoms with Gasteiger partial charge in [-0.05, 0) is 12.1 Å². The number of carbonyl (C=O) groups is 2. The first kappa shape index (κ1) is 22.4. The molecule has 2 amide bonds. The molecular formula is C23H26FN3O4. The molecule has 0 radical (unpaired) electrons. The van der Waals surface area contributed by atoms with Crippen molar-refractivity contribution in [2.45, 2.75) is 19.4 Å². The summed E-state index contributed by atoms with van der Waals surface area (Å²) in [6, 6.07) is 13.2. The van der Waals surface area contributed by atoms with E-state index in [9.17, 15) is 14.0 Å². The average Bonchev–Trinajstić information content (AvgIpc) is 3.21. The van der Waals surface area contributed by atoms with Crippen molar-refractivity contribution in [3.63, 3.8) is 0 Å². The molecular weight excluding hydrogens is 401 g/mol. The molecule has 0 unspecified atom stereocenters. The molecule has 0 spiro atoms. The summed E-state index contributed by atoms with van der Waals surface area (Å²) in [5.41, 5.74) is 1.58. The molecule has 164 valence electrons. The number of amides is 2. The van der Waals surface area contributed by atoms with Crippen LogP contribution in [0.2, 0.25) is 0 Å². The van der Waals surface area contributed by atoms with Crippen molar-refractivity contribution in [3.05, 3.63) is 65.5 Å². The van der Waals surface area contributed by atoms with Crippen LogP contribution in [0.25, 0.3) is 0 Å². The van der Waals surface area contributed by atoms with Crippen molar-refractivity contribution < 1.29 is 23.5 Å². The maximum atomic E-state index is 14.4. The van der Waals surface area contributed by atoms with Gasteiger partial charge in [0.1, 0.15) is 18.1 Å². The molecule has 0 fully saturated rings. The van der Waals surface area contributed by atoms with Crippen LogP contribution >= 0.6 is 0 Å². The molecule has 3 rings (SSSR count). The second-order valence-electron chi connectivity index (χ2n) is 7.16. The minimum atomic E-state index is -0.477. The molecule has 31 heavy (non-hydrogen) atoms. The molecule has 8 heteroatoms. The van der Waals surface area contributed by atoms with E-state index in [0.717, 1.165) is 5.56 Å². The first-order valence-electron chi connectivity index (χ1n) is 9.98. The van der Waals surface area contributed by atoms with Gasteiger partial charge in [-0.15, -0.1) is 0 Å². The molecule has 0 bridgehead atoms. The largest absolute Gasteiger partial charge is 0.496 e. The molecule has 1 aliphatic heterocycles. The number of hydrazone groups is 1. The summed E-state index contributed by atoms with van der Waals surface area (Å²) in [4.78, 5) is 26.6. The Bertz CT molecular complexity index is 979. The van der Waals surface area contributed by atoms with Crippen molar-refractivity contribution in [1.29, 1.82) is 0 Å². The van der Waals surface area contributed by atoms with Crippen LogP contribution in [-0.2, 0) is 14.3 Å². The summed E-state index contributed by atoms with van der Waals surface area (Å²) in [5, 5.41) is 5.82. The van der Waals surface area contributed by atoms with Gasteiger partial charge in [-0.2, -0.15) is 5.10 Å². The minimum Gasteiger partial charge on any atom is -0.496 e. The Labute approximate surface area is 181 Å². The Morgan fingerprint density at radius 1 is 1.16 bits per heavy atom. The maximum Gasteiger partial charge on any atom is 0.262 e. The summed E-state index contributed by atoms with van der Waals surface area (Å²) >= 11 is 0. The van der Waals surface area contributed by atoms with Crippen molar-refractivity contribution in [1.82, 2.24) is 9.91 Å². The molecule has 0 saturated heterocycles. The SMILES string of the molecule is COCCN(CC(=O)N1N=C(c2ccccc2F)C[C@H]1c1ccccc1OC)C(C)=O. The third-order valence-corrected chi connectivity index (χ3v) is 5.19. The zero-order valence-electron chi connectivity index (χ0n) is 17.9. The summed E-state index contributed by atoms with van der Waals surface area (Å²) in [5.74, 6) is -0.400. The molecule has 1 aliphatic rings. The van der Waals surface area contributed by atoms with E-state index in [1.54, 1.807) is 31.4 Å². The van der Waals surface area contributed by atoms with Gasteiger partial charge in [-0.1, -0.05) is 36.4 Å². The zero-order valence-corrected chi connectivity index (χ0v) is 17.9. The summed E-state index contributed by atoms with van der Waals surface area (Å²) in [6.07, 6.45) is 0.325. The van der Waals surface area contributed by atoms with E-state index in [1.807, 2.05) is 18.2 Å². The van der Waals surface area contributed by atoms with Gasteiger partial charge in [-0.3, -0.25) is 9.59 Å². The Morgan fingerprint density at radius 2 is 1.87 bits per heavy atom. The first-order valence-corrected chi connectivity index (χ1v) is 9.98. The topological polar surface area (TPSA) is 71.4 Å².